The molecule has 1 unspecified atom stereocenters. The first-order valence-corrected chi connectivity index (χ1v) is 5.29. The number of nitrogens with two attached hydrogens (primary N) is 1. The predicted molar refractivity (Wildman–Crippen MR) is 63.1 cm³/mol. The summed E-state index contributed by atoms with van der Waals surface area (Å²) in [4.78, 5) is 22.4. The van der Waals surface area contributed by atoms with E-state index in [1.807, 2.05) is 6.92 Å². The van der Waals surface area contributed by atoms with E-state index in [1.54, 1.807) is 24.3 Å². The quantitative estimate of drug-likeness (QED) is 0.581. The van der Waals surface area contributed by atoms with Crippen LogP contribution in [0.1, 0.15) is 30.1 Å². The molecule has 0 saturated heterocycles. The molecule has 0 bridgehead atoms. The first kappa shape index (κ1) is 12.2. The Labute approximate surface area is 94.8 Å². The summed E-state index contributed by atoms with van der Waals surface area (Å²) in [6.45, 7) is 1.96. The van der Waals surface area contributed by atoms with Gasteiger partial charge in [-0.2, -0.15) is 0 Å². The fourth-order valence-corrected chi connectivity index (χ4v) is 1.42. The van der Waals surface area contributed by atoms with Crippen molar-refractivity contribution in [3.05, 3.63) is 29.8 Å². The Hall–Kier alpha value is -1.84. The molecule has 16 heavy (non-hydrogen) atoms. The third kappa shape index (κ3) is 3.38. The van der Waals surface area contributed by atoms with Crippen LogP contribution in [0.15, 0.2) is 24.3 Å². The van der Waals surface area contributed by atoms with Gasteiger partial charge in [0.15, 0.2) is 0 Å². The number of nitrogen functional groups attached to an aromatic ring is 1. The van der Waals surface area contributed by atoms with Crippen molar-refractivity contribution in [2.24, 2.45) is 0 Å². The molecule has 0 aliphatic heterocycles. The SMILES string of the molecule is CCCC(C=O)NC(=O)c1cccc(N)c1. The van der Waals surface area contributed by atoms with Gasteiger partial charge in [0.2, 0.25) is 0 Å². The minimum atomic E-state index is -0.418. The molecule has 86 valence electrons. The molecular formula is C12H16N2O2. The zero-order valence-corrected chi connectivity index (χ0v) is 9.27. The van der Waals surface area contributed by atoms with Crippen molar-refractivity contribution < 1.29 is 9.59 Å². The molecule has 0 aliphatic carbocycles. The smallest absolute Gasteiger partial charge is 0.251 e. The molecule has 0 radical (unpaired) electrons. The molecule has 4 nitrogen and oxygen atoms in total. The average Bonchev–Trinajstić information content (AvgIpc) is 2.28. The van der Waals surface area contributed by atoms with E-state index >= 15 is 0 Å². The average molecular weight is 220 g/mol. The zero-order chi connectivity index (χ0) is 12.0. The summed E-state index contributed by atoms with van der Waals surface area (Å²) in [5.41, 5.74) is 6.58. The van der Waals surface area contributed by atoms with Crippen molar-refractivity contribution in [1.82, 2.24) is 5.32 Å². The number of amides is 1. The van der Waals surface area contributed by atoms with Gasteiger partial charge >= 0.3 is 0 Å². The number of rotatable bonds is 5. The highest BCUT2D eigenvalue weighted by Gasteiger charge is 2.11. The van der Waals surface area contributed by atoms with Gasteiger partial charge in [-0.3, -0.25) is 4.79 Å². The van der Waals surface area contributed by atoms with E-state index < -0.39 is 6.04 Å². The Morgan fingerprint density at radius 2 is 2.31 bits per heavy atom. The van der Waals surface area contributed by atoms with E-state index in [0.717, 1.165) is 12.7 Å². The Kier molecular flexibility index (Phi) is 4.51. The minimum Gasteiger partial charge on any atom is -0.399 e. The first-order chi connectivity index (χ1) is 7.67. The standard InChI is InChI=1S/C12H16N2O2/c1-2-4-11(8-15)14-12(16)9-5-3-6-10(13)7-9/h3,5-8,11H,2,4,13H2,1H3,(H,14,16). The molecule has 0 aromatic heterocycles. The van der Waals surface area contributed by atoms with Crippen LogP contribution in [0.2, 0.25) is 0 Å². The topological polar surface area (TPSA) is 72.2 Å². The van der Waals surface area contributed by atoms with Crippen molar-refractivity contribution in [2.45, 2.75) is 25.8 Å². The second-order valence-electron chi connectivity index (χ2n) is 3.63. The van der Waals surface area contributed by atoms with Gasteiger partial charge < -0.3 is 15.8 Å². The zero-order valence-electron chi connectivity index (χ0n) is 9.27. The Morgan fingerprint density at radius 3 is 2.88 bits per heavy atom. The van der Waals surface area contributed by atoms with Gasteiger partial charge in [0.25, 0.3) is 5.91 Å². The summed E-state index contributed by atoms with van der Waals surface area (Å²) in [6.07, 6.45) is 2.26. The minimum absolute atomic E-state index is 0.266. The van der Waals surface area contributed by atoms with Crippen LogP contribution >= 0.6 is 0 Å². The molecule has 4 heteroatoms. The molecule has 1 aromatic rings. The number of hydrogen-bond donors (Lipinski definition) is 2. The van der Waals surface area contributed by atoms with Crippen LogP contribution in [0.3, 0.4) is 0 Å². The van der Waals surface area contributed by atoms with Gasteiger partial charge in [-0.05, 0) is 24.6 Å². The molecule has 0 aliphatic rings. The van der Waals surface area contributed by atoms with Gasteiger partial charge in [0.05, 0.1) is 6.04 Å². The van der Waals surface area contributed by atoms with Crippen molar-refractivity contribution in [1.29, 1.82) is 0 Å². The summed E-state index contributed by atoms with van der Waals surface area (Å²) >= 11 is 0. The van der Waals surface area contributed by atoms with E-state index in [-0.39, 0.29) is 5.91 Å². The first-order valence-electron chi connectivity index (χ1n) is 5.29. The second-order valence-corrected chi connectivity index (χ2v) is 3.63. The maximum absolute atomic E-state index is 11.7. The largest absolute Gasteiger partial charge is 0.399 e. The highest BCUT2D eigenvalue weighted by atomic mass is 16.2. The molecule has 0 heterocycles. The second kappa shape index (κ2) is 5.90. The van der Waals surface area contributed by atoms with E-state index in [4.69, 9.17) is 5.73 Å². The lowest BCUT2D eigenvalue weighted by Crippen LogP contribution is -2.35. The molecular weight excluding hydrogens is 204 g/mol. The van der Waals surface area contributed by atoms with Gasteiger partial charge in [0.1, 0.15) is 6.29 Å². The fraction of sp³-hybridized carbons (Fsp3) is 0.333. The number of carbonyl (C=O) groups excluding carboxylic acids is 2. The number of anilines is 1. The summed E-state index contributed by atoms with van der Waals surface area (Å²) in [7, 11) is 0. The molecule has 0 saturated carbocycles. The lowest BCUT2D eigenvalue weighted by molar-refractivity contribution is -0.109. The fourth-order valence-electron chi connectivity index (χ4n) is 1.42. The van der Waals surface area contributed by atoms with Gasteiger partial charge in [0, 0.05) is 11.3 Å². The van der Waals surface area contributed by atoms with Crippen molar-refractivity contribution in [3.8, 4) is 0 Å². The van der Waals surface area contributed by atoms with Crippen LogP contribution in [0.4, 0.5) is 5.69 Å². The normalized spacial score (nSPS) is 11.8. The Balaban J connectivity index is 2.67. The van der Waals surface area contributed by atoms with Crippen LogP contribution in [0.25, 0.3) is 0 Å². The highest BCUT2D eigenvalue weighted by Crippen LogP contribution is 2.06. The summed E-state index contributed by atoms with van der Waals surface area (Å²) in [6, 6.07) is 6.25. The highest BCUT2D eigenvalue weighted by molar-refractivity contribution is 5.96. The van der Waals surface area contributed by atoms with Crippen LogP contribution in [-0.4, -0.2) is 18.2 Å². The lowest BCUT2D eigenvalue weighted by atomic mass is 10.1. The summed E-state index contributed by atoms with van der Waals surface area (Å²) in [5.74, 6) is -0.266. The van der Waals surface area contributed by atoms with Crippen LogP contribution in [0.5, 0.6) is 0 Å². The molecule has 3 N–H and O–H groups in total. The molecule has 1 amide bonds. The maximum atomic E-state index is 11.7. The number of hydrogen-bond acceptors (Lipinski definition) is 3. The molecule has 0 spiro atoms. The third-order valence-electron chi connectivity index (χ3n) is 2.23. The Morgan fingerprint density at radius 1 is 1.56 bits per heavy atom. The van der Waals surface area contributed by atoms with Crippen LogP contribution in [-0.2, 0) is 4.79 Å². The van der Waals surface area contributed by atoms with Crippen LogP contribution in [0, 0.1) is 0 Å². The van der Waals surface area contributed by atoms with E-state index in [9.17, 15) is 9.59 Å². The maximum Gasteiger partial charge on any atom is 0.251 e. The summed E-state index contributed by atoms with van der Waals surface area (Å²) < 4.78 is 0. The van der Waals surface area contributed by atoms with Crippen molar-refractivity contribution in [2.75, 3.05) is 5.73 Å². The van der Waals surface area contributed by atoms with E-state index in [2.05, 4.69) is 5.32 Å². The Bertz CT molecular complexity index is 377. The monoisotopic (exact) mass is 220 g/mol. The third-order valence-corrected chi connectivity index (χ3v) is 2.23. The van der Waals surface area contributed by atoms with Crippen molar-refractivity contribution in [3.63, 3.8) is 0 Å². The lowest BCUT2D eigenvalue weighted by Gasteiger charge is -2.11. The number of benzene rings is 1. The summed E-state index contributed by atoms with van der Waals surface area (Å²) in [5, 5.41) is 2.65. The van der Waals surface area contributed by atoms with Gasteiger partial charge in [-0.1, -0.05) is 19.4 Å². The molecule has 0 fully saturated rings. The van der Waals surface area contributed by atoms with Gasteiger partial charge in [-0.25, -0.2) is 0 Å². The van der Waals surface area contributed by atoms with Gasteiger partial charge in [-0.15, -0.1) is 0 Å². The molecule has 1 aromatic carbocycles. The number of aldehydes is 1. The molecule has 1 atom stereocenters. The van der Waals surface area contributed by atoms with E-state index in [0.29, 0.717) is 17.7 Å². The predicted octanol–water partition coefficient (Wildman–Crippen LogP) is 1.37. The molecule has 1 rings (SSSR count). The number of carbonyl (C=O) groups is 2. The van der Waals surface area contributed by atoms with Crippen LogP contribution < -0.4 is 11.1 Å². The van der Waals surface area contributed by atoms with Crippen molar-refractivity contribution >= 4 is 17.9 Å². The number of nitrogens with one attached hydrogen (secondary N) is 1. The van der Waals surface area contributed by atoms with E-state index in [1.165, 1.54) is 0 Å².